The van der Waals surface area contributed by atoms with Gasteiger partial charge in [-0.3, -0.25) is 4.79 Å². The van der Waals surface area contributed by atoms with E-state index in [1.165, 1.54) is 6.33 Å². The van der Waals surface area contributed by atoms with Gasteiger partial charge in [0.2, 0.25) is 0 Å². The van der Waals surface area contributed by atoms with Crippen LogP contribution in [0.4, 0.5) is 14.6 Å². The van der Waals surface area contributed by atoms with E-state index in [9.17, 15) is 18.8 Å². The summed E-state index contributed by atoms with van der Waals surface area (Å²) in [7, 11) is 0. The predicted octanol–water partition coefficient (Wildman–Crippen LogP) is 5.17. The maximum absolute atomic E-state index is 13.5. The molecule has 1 saturated heterocycles. The number of amides is 1. The number of nitrogens with two attached hydrogens (primary N) is 1. The molecule has 202 valence electrons. The summed E-state index contributed by atoms with van der Waals surface area (Å²) in [5.74, 6) is -0.697. The van der Waals surface area contributed by atoms with Crippen LogP contribution in [0, 0.1) is 28.9 Å². The van der Waals surface area contributed by atoms with Gasteiger partial charge in [-0.05, 0) is 55.9 Å². The van der Waals surface area contributed by atoms with E-state index in [0.717, 1.165) is 43.9 Å². The zero-order valence-electron chi connectivity index (χ0n) is 21.4. The quantitative estimate of drug-likeness (QED) is 0.264. The Balaban J connectivity index is 1.29. The molecule has 1 atom stereocenters. The number of anilines is 1. The number of piperidine rings is 1. The Bertz CT molecular complexity index is 1650. The van der Waals surface area contributed by atoms with Gasteiger partial charge in [0.15, 0.2) is 5.65 Å². The molecule has 1 aliphatic carbocycles. The monoisotopic (exact) mass is 541 g/mol. The van der Waals surface area contributed by atoms with Crippen LogP contribution in [0.2, 0.25) is 0 Å². The van der Waals surface area contributed by atoms with Gasteiger partial charge < -0.3 is 15.4 Å². The van der Waals surface area contributed by atoms with E-state index in [1.807, 2.05) is 0 Å². The molecule has 1 amide bonds. The third-order valence-electron chi connectivity index (χ3n) is 7.12. The highest BCUT2D eigenvalue weighted by Crippen LogP contribution is 2.36. The van der Waals surface area contributed by atoms with Crippen molar-refractivity contribution in [2.45, 2.75) is 31.7 Å². The molecule has 2 aromatic heterocycles. The Morgan fingerprint density at radius 1 is 1.07 bits per heavy atom. The number of fused-ring (bicyclic) bond motifs is 1. The fraction of sp³-hybridized carbons (Fsp3) is 0.276. The van der Waals surface area contributed by atoms with Crippen LogP contribution in [-0.4, -0.2) is 43.6 Å². The lowest BCUT2D eigenvalue weighted by molar-refractivity contribution is -0.128. The summed E-state index contributed by atoms with van der Waals surface area (Å²) >= 11 is 0. The van der Waals surface area contributed by atoms with Crippen molar-refractivity contribution in [1.29, 1.82) is 5.26 Å². The summed E-state index contributed by atoms with van der Waals surface area (Å²) in [5.41, 5.74) is 8.30. The highest BCUT2D eigenvalue weighted by atomic mass is 19.1. The number of benzene rings is 2. The maximum atomic E-state index is 13.5. The molecule has 1 aliphatic heterocycles. The van der Waals surface area contributed by atoms with E-state index in [0.29, 0.717) is 47.0 Å². The van der Waals surface area contributed by atoms with Gasteiger partial charge in [0.25, 0.3) is 5.91 Å². The molecule has 1 saturated carbocycles. The number of nitrogen functional groups attached to an aromatic ring is 1. The number of hydrogen-bond donors (Lipinski definition) is 1. The first kappa shape index (κ1) is 25.4. The Morgan fingerprint density at radius 3 is 2.52 bits per heavy atom. The van der Waals surface area contributed by atoms with Crippen LogP contribution in [0.25, 0.3) is 22.3 Å². The molecule has 2 aromatic carbocycles. The second kappa shape index (κ2) is 10.4. The Morgan fingerprint density at radius 2 is 1.82 bits per heavy atom. The lowest BCUT2D eigenvalue weighted by Gasteiger charge is -2.32. The van der Waals surface area contributed by atoms with Crippen molar-refractivity contribution in [3.05, 3.63) is 72.1 Å². The molecule has 0 spiro atoms. The number of likely N-dealkylation sites (tertiary alicyclic amines) is 1. The standard InChI is InChI=1S/C29H25F2N7O2/c30-20-11-21(31)13-24(12-20)40-23-7-5-18(6-8-23)26-25-27(33)34-16-35-28(25)38(36-26)22-2-1-9-37(15-22)29(39)19(14-32)10-17-3-4-17/h5-8,10-13,16-17,22H,1-4,9,15H2,(H2,33,34,35). The molecule has 2 N–H and O–H groups in total. The highest BCUT2D eigenvalue weighted by Gasteiger charge is 2.31. The predicted molar refractivity (Wildman–Crippen MR) is 143 cm³/mol. The van der Waals surface area contributed by atoms with Crippen molar-refractivity contribution in [3.63, 3.8) is 0 Å². The number of rotatable bonds is 6. The minimum Gasteiger partial charge on any atom is -0.457 e. The Hall–Kier alpha value is -4.85. The number of nitrogens with zero attached hydrogens (tertiary/aromatic N) is 6. The van der Waals surface area contributed by atoms with Gasteiger partial charge >= 0.3 is 0 Å². The van der Waals surface area contributed by atoms with Gasteiger partial charge in [-0.15, -0.1) is 0 Å². The average Bonchev–Trinajstić information content (AvgIpc) is 3.68. The smallest absolute Gasteiger partial charge is 0.264 e. The number of allylic oxidation sites excluding steroid dienone is 1. The fourth-order valence-corrected chi connectivity index (χ4v) is 5.02. The van der Waals surface area contributed by atoms with E-state index in [2.05, 4.69) is 16.0 Å². The summed E-state index contributed by atoms with van der Waals surface area (Å²) in [6.07, 6.45) is 6.73. The highest BCUT2D eigenvalue weighted by molar-refractivity contribution is 5.99. The molecular weight excluding hydrogens is 516 g/mol. The van der Waals surface area contributed by atoms with E-state index in [-0.39, 0.29) is 29.1 Å². The molecule has 9 nitrogen and oxygen atoms in total. The van der Waals surface area contributed by atoms with E-state index < -0.39 is 11.6 Å². The number of carbonyl (C=O) groups is 1. The number of hydrogen-bond acceptors (Lipinski definition) is 7. The van der Waals surface area contributed by atoms with Crippen molar-refractivity contribution >= 4 is 22.8 Å². The maximum Gasteiger partial charge on any atom is 0.264 e. The van der Waals surface area contributed by atoms with E-state index in [1.54, 1.807) is 39.9 Å². The second-order valence-corrected chi connectivity index (χ2v) is 10.1. The van der Waals surface area contributed by atoms with Crippen LogP contribution in [0.1, 0.15) is 31.7 Å². The molecular formula is C29H25F2N7O2. The van der Waals surface area contributed by atoms with Gasteiger partial charge in [0.05, 0.1) is 11.4 Å². The molecule has 4 aromatic rings. The lowest BCUT2D eigenvalue weighted by atomic mass is 10.0. The molecule has 0 radical (unpaired) electrons. The normalized spacial score (nSPS) is 17.6. The van der Waals surface area contributed by atoms with Crippen molar-refractivity contribution in [2.75, 3.05) is 18.8 Å². The Kier molecular flexibility index (Phi) is 6.59. The third-order valence-corrected chi connectivity index (χ3v) is 7.12. The van der Waals surface area contributed by atoms with Crippen LogP contribution in [0.3, 0.4) is 0 Å². The Labute approximate surface area is 228 Å². The zero-order chi connectivity index (χ0) is 27.8. The number of carbonyl (C=O) groups excluding carboxylic acids is 1. The molecule has 1 unspecified atom stereocenters. The summed E-state index contributed by atoms with van der Waals surface area (Å²) in [5, 5.41) is 15.0. The molecule has 3 heterocycles. The van der Waals surface area contributed by atoms with Crippen LogP contribution in [-0.2, 0) is 4.79 Å². The van der Waals surface area contributed by atoms with Gasteiger partial charge in [-0.25, -0.2) is 23.4 Å². The fourth-order valence-electron chi connectivity index (χ4n) is 5.02. The SMILES string of the molecule is N#CC(=CC1CC1)C(=O)N1CCCC(n2nc(-c3ccc(Oc4cc(F)cc(F)c4)cc3)c3c(N)ncnc32)C1. The second-order valence-electron chi connectivity index (χ2n) is 10.1. The van der Waals surface area contributed by atoms with Crippen molar-refractivity contribution in [2.24, 2.45) is 5.92 Å². The van der Waals surface area contributed by atoms with E-state index >= 15 is 0 Å². The summed E-state index contributed by atoms with van der Waals surface area (Å²) in [4.78, 5) is 23.5. The number of nitriles is 1. The summed E-state index contributed by atoms with van der Waals surface area (Å²) in [6, 6.07) is 11.7. The molecule has 0 bridgehead atoms. The molecule has 11 heteroatoms. The average molecular weight is 542 g/mol. The van der Waals surface area contributed by atoms with Gasteiger partial charge in [0, 0.05) is 36.9 Å². The lowest BCUT2D eigenvalue weighted by Crippen LogP contribution is -2.41. The van der Waals surface area contributed by atoms with Crippen molar-refractivity contribution in [3.8, 4) is 28.8 Å². The summed E-state index contributed by atoms with van der Waals surface area (Å²) < 4.78 is 34.5. The molecule has 6 rings (SSSR count). The molecule has 2 aliphatic rings. The van der Waals surface area contributed by atoms with Crippen LogP contribution in [0.5, 0.6) is 11.5 Å². The van der Waals surface area contributed by atoms with Crippen LogP contribution in [0.15, 0.2) is 60.4 Å². The minimum atomic E-state index is -0.732. The van der Waals surface area contributed by atoms with Crippen LogP contribution < -0.4 is 10.5 Å². The number of halogens is 2. The largest absolute Gasteiger partial charge is 0.457 e. The first-order valence-corrected chi connectivity index (χ1v) is 13.0. The number of aromatic nitrogens is 4. The van der Waals surface area contributed by atoms with Gasteiger partial charge in [-0.1, -0.05) is 6.08 Å². The topological polar surface area (TPSA) is 123 Å². The van der Waals surface area contributed by atoms with Crippen LogP contribution >= 0.6 is 0 Å². The minimum absolute atomic E-state index is 0.0422. The molecule has 40 heavy (non-hydrogen) atoms. The van der Waals surface area contributed by atoms with E-state index in [4.69, 9.17) is 15.6 Å². The zero-order valence-corrected chi connectivity index (χ0v) is 21.4. The first-order chi connectivity index (χ1) is 19.4. The van der Waals surface area contributed by atoms with Crippen molar-refractivity contribution < 1.29 is 18.3 Å². The first-order valence-electron chi connectivity index (χ1n) is 13.0. The number of ether oxygens (including phenoxy) is 1. The third kappa shape index (κ3) is 5.08. The van der Waals surface area contributed by atoms with Gasteiger partial charge in [0.1, 0.15) is 52.6 Å². The van der Waals surface area contributed by atoms with Gasteiger partial charge in [-0.2, -0.15) is 10.4 Å². The van der Waals surface area contributed by atoms with Crippen molar-refractivity contribution in [1.82, 2.24) is 24.6 Å². The molecule has 2 fully saturated rings. The summed E-state index contributed by atoms with van der Waals surface area (Å²) in [6.45, 7) is 0.957.